The Balaban J connectivity index is 2.03. The molecule has 0 spiro atoms. The number of esters is 1. The second-order valence-corrected chi connectivity index (χ2v) is 3.57. The number of hydroxylamine groups is 2. The van der Waals surface area contributed by atoms with Crippen molar-refractivity contribution in [2.75, 3.05) is 6.79 Å². The highest BCUT2D eigenvalue weighted by Gasteiger charge is 2.36. The summed E-state index contributed by atoms with van der Waals surface area (Å²) in [4.78, 5) is 39.3. The van der Waals surface area contributed by atoms with Gasteiger partial charge < -0.3 is 4.74 Å². The fourth-order valence-corrected chi connectivity index (χ4v) is 1.53. The predicted molar refractivity (Wildman–Crippen MR) is 59.3 cm³/mol. The molecular formula is C12H11NO5. The van der Waals surface area contributed by atoms with Crippen LogP contribution in [0.5, 0.6) is 0 Å². The smallest absolute Gasteiger partial charge is 0.307 e. The minimum atomic E-state index is -0.553. The molecule has 1 aromatic carbocycles. The van der Waals surface area contributed by atoms with Gasteiger partial charge in [-0.3, -0.25) is 14.4 Å². The minimum absolute atomic E-state index is 0.200. The van der Waals surface area contributed by atoms with Gasteiger partial charge in [-0.1, -0.05) is 19.1 Å². The summed E-state index contributed by atoms with van der Waals surface area (Å²) >= 11 is 0. The number of imide groups is 1. The molecule has 0 bridgehead atoms. The summed E-state index contributed by atoms with van der Waals surface area (Å²) in [5.74, 6) is -1.57. The Morgan fingerprint density at radius 2 is 1.72 bits per heavy atom. The number of hydrogen-bond donors (Lipinski definition) is 0. The number of carbonyl (C=O) groups is 3. The highest BCUT2D eigenvalue weighted by molar-refractivity contribution is 6.20. The van der Waals surface area contributed by atoms with Gasteiger partial charge in [-0.2, -0.15) is 0 Å². The standard InChI is InChI=1S/C12H11NO5/c1-2-10(14)17-7-18-13-11(15)8-5-3-4-6-9(8)12(13)16/h3-6H,2,7H2,1H3. The Morgan fingerprint density at radius 3 is 2.22 bits per heavy atom. The Morgan fingerprint density at radius 1 is 1.17 bits per heavy atom. The highest BCUT2D eigenvalue weighted by Crippen LogP contribution is 2.22. The second-order valence-electron chi connectivity index (χ2n) is 3.57. The quantitative estimate of drug-likeness (QED) is 0.454. The van der Waals surface area contributed by atoms with E-state index in [9.17, 15) is 14.4 Å². The fraction of sp³-hybridized carbons (Fsp3) is 0.250. The lowest BCUT2D eigenvalue weighted by Gasteiger charge is -2.12. The van der Waals surface area contributed by atoms with Gasteiger partial charge in [-0.15, -0.1) is 5.06 Å². The molecule has 6 nitrogen and oxygen atoms in total. The Bertz CT molecular complexity index is 476. The van der Waals surface area contributed by atoms with E-state index in [1.54, 1.807) is 19.1 Å². The number of carbonyl (C=O) groups excluding carboxylic acids is 3. The maximum atomic E-state index is 11.8. The van der Waals surface area contributed by atoms with E-state index >= 15 is 0 Å². The molecule has 6 heteroatoms. The van der Waals surface area contributed by atoms with Gasteiger partial charge in [0.15, 0.2) is 0 Å². The van der Waals surface area contributed by atoms with Crippen LogP contribution in [0.2, 0.25) is 0 Å². The second kappa shape index (κ2) is 4.97. The molecule has 18 heavy (non-hydrogen) atoms. The molecule has 0 atom stereocenters. The highest BCUT2D eigenvalue weighted by atomic mass is 16.8. The van der Waals surface area contributed by atoms with E-state index in [0.29, 0.717) is 5.06 Å². The van der Waals surface area contributed by atoms with E-state index in [0.717, 1.165) is 0 Å². The maximum Gasteiger partial charge on any atom is 0.307 e. The van der Waals surface area contributed by atoms with Gasteiger partial charge in [0.25, 0.3) is 11.8 Å². The molecule has 1 heterocycles. The summed E-state index contributed by atoms with van der Waals surface area (Å²) < 4.78 is 4.64. The number of hydrogen-bond acceptors (Lipinski definition) is 5. The van der Waals surface area contributed by atoms with E-state index in [1.807, 2.05) is 0 Å². The molecular weight excluding hydrogens is 238 g/mol. The van der Waals surface area contributed by atoms with Crippen LogP contribution in [0.1, 0.15) is 34.1 Å². The van der Waals surface area contributed by atoms with Crippen molar-refractivity contribution in [1.29, 1.82) is 0 Å². The molecule has 0 saturated carbocycles. The van der Waals surface area contributed by atoms with E-state index < -0.39 is 24.6 Å². The summed E-state index contributed by atoms with van der Waals surface area (Å²) in [6, 6.07) is 6.39. The summed E-state index contributed by atoms with van der Waals surface area (Å²) in [6.07, 6.45) is 0.200. The third-order valence-electron chi connectivity index (χ3n) is 2.45. The van der Waals surface area contributed by atoms with E-state index in [4.69, 9.17) is 4.84 Å². The molecule has 1 aliphatic heterocycles. The van der Waals surface area contributed by atoms with Crippen LogP contribution in [0.15, 0.2) is 24.3 Å². The SMILES string of the molecule is CCC(=O)OCON1C(=O)c2ccccc2C1=O. The third kappa shape index (κ3) is 2.10. The van der Waals surface area contributed by atoms with Gasteiger partial charge in [0.05, 0.1) is 11.1 Å². The average molecular weight is 249 g/mol. The van der Waals surface area contributed by atoms with Crippen LogP contribution in [-0.2, 0) is 14.4 Å². The van der Waals surface area contributed by atoms with Gasteiger partial charge in [0.1, 0.15) is 0 Å². The molecule has 0 saturated heterocycles. The van der Waals surface area contributed by atoms with Crippen molar-refractivity contribution >= 4 is 17.8 Å². The lowest BCUT2D eigenvalue weighted by Crippen LogP contribution is -2.31. The van der Waals surface area contributed by atoms with Crippen LogP contribution in [0, 0.1) is 0 Å². The zero-order valence-corrected chi connectivity index (χ0v) is 9.71. The lowest BCUT2D eigenvalue weighted by molar-refractivity contribution is -0.185. The molecule has 2 amide bonds. The van der Waals surface area contributed by atoms with Gasteiger partial charge in [-0.05, 0) is 12.1 Å². The Kier molecular flexibility index (Phi) is 3.38. The number of fused-ring (bicyclic) bond motifs is 1. The lowest BCUT2D eigenvalue weighted by atomic mass is 10.1. The topological polar surface area (TPSA) is 72.9 Å². The van der Waals surface area contributed by atoms with Crippen molar-refractivity contribution in [3.63, 3.8) is 0 Å². The average Bonchev–Trinajstić information content (AvgIpc) is 2.64. The van der Waals surface area contributed by atoms with Crippen molar-refractivity contribution in [2.45, 2.75) is 13.3 Å². The van der Waals surface area contributed by atoms with Crippen LogP contribution >= 0.6 is 0 Å². The van der Waals surface area contributed by atoms with Gasteiger partial charge in [-0.25, -0.2) is 4.84 Å². The first kappa shape index (κ1) is 12.3. The summed E-state index contributed by atoms with van der Waals surface area (Å²) in [5, 5.41) is 0.605. The minimum Gasteiger partial charge on any atom is -0.436 e. The maximum absolute atomic E-state index is 11.8. The van der Waals surface area contributed by atoms with Crippen molar-refractivity contribution < 1.29 is 24.0 Å². The third-order valence-corrected chi connectivity index (χ3v) is 2.45. The number of ether oxygens (including phenoxy) is 1. The molecule has 0 unspecified atom stereocenters. The Labute approximate surface area is 103 Å². The number of benzene rings is 1. The molecule has 0 aliphatic carbocycles. The molecule has 0 aromatic heterocycles. The fourth-order valence-electron chi connectivity index (χ4n) is 1.53. The molecule has 0 N–H and O–H groups in total. The van der Waals surface area contributed by atoms with E-state index in [2.05, 4.69) is 4.74 Å². The van der Waals surface area contributed by atoms with Gasteiger partial charge >= 0.3 is 5.97 Å². The Hall–Kier alpha value is -2.21. The first-order valence-corrected chi connectivity index (χ1v) is 5.41. The van der Waals surface area contributed by atoms with E-state index in [1.165, 1.54) is 12.1 Å². The first-order chi connectivity index (χ1) is 8.65. The van der Waals surface area contributed by atoms with Crippen molar-refractivity contribution in [3.05, 3.63) is 35.4 Å². The van der Waals surface area contributed by atoms with Crippen molar-refractivity contribution in [2.24, 2.45) is 0 Å². The predicted octanol–water partition coefficient (Wildman–Crippen LogP) is 1.12. The molecule has 1 aliphatic rings. The van der Waals surface area contributed by atoms with E-state index in [-0.39, 0.29) is 17.5 Å². The molecule has 1 aromatic rings. The van der Waals surface area contributed by atoms with Crippen LogP contribution < -0.4 is 0 Å². The number of nitrogens with zero attached hydrogens (tertiary/aromatic N) is 1. The molecule has 0 fully saturated rings. The summed E-state index contributed by atoms with van der Waals surface area (Å²) in [7, 11) is 0. The van der Waals surface area contributed by atoms with Crippen LogP contribution in [0.4, 0.5) is 0 Å². The zero-order valence-electron chi connectivity index (χ0n) is 9.71. The summed E-state index contributed by atoms with van der Waals surface area (Å²) in [6.45, 7) is 1.17. The largest absolute Gasteiger partial charge is 0.436 e. The van der Waals surface area contributed by atoms with Gasteiger partial charge in [0.2, 0.25) is 6.79 Å². The summed E-state index contributed by atoms with van der Waals surface area (Å²) in [5.41, 5.74) is 0.564. The molecule has 94 valence electrons. The van der Waals surface area contributed by atoms with Crippen molar-refractivity contribution in [1.82, 2.24) is 5.06 Å². The molecule has 0 radical (unpaired) electrons. The van der Waals surface area contributed by atoms with Crippen LogP contribution in [0.3, 0.4) is 0 Å². The van der Waals surface area contributed by atoms with Gasteiger partial charge in [0, 0.05) is 6.42 Å². The number of rotatable bonds is 4. The van der Waals surface area contributed by atoms with Crippen molar-refractivity contribution in [3.8, 4) is 0 Å². The van der Waals surface area contributed by atoms with Crippen LogP contribution in [-0.4, -0.2) is 29.6 Å². The first-order valence-electron chi connectivity index (χ1n) is 5.41. The van der Waals surface area contributed by atoms with Crippen LogP contribution in [0.25, 0.3) is 0 Å². The monoisotopic (exact) mass is 249 g/mol. The number of amides is 2. The normalized spacial score (nSPS) is 13.7. The molecule has 2 rings (SSSR count). The zero-order chi connectivity index (χ0) is 13.1.